The van der Waals surface area contributed by atoms with E-state index >= 15 is 0 Å². The Balaban J connectivity index is 2.47. The average molecular weight is 278 g/mol. The maximum Gasteiger partial charge on any atom is 0.183 e. The molecule has 0 aliphatic carbocycles. The second-order valence-electron chi connectivity index (χ2n) is 3.40. The Hall–Kier alpha value is -0.130. The zero-order chi connectivity index (χ0) is 10.6. The predicted octanol–water partition coefficient (Wildman–Crippen LogP) is 2.84. The van der Waals surface area contributed by atoms with Gasteiger partial charge in [0.2, 0.25) is 0 Å². The normalized spacial score (nSPS) is 11.7. The van der Waals surface area contributed by atoms with E-state index in [4.69, 9.17) is 5.73 Å². The van der Waals surface area contributed by atoms with Gasteiger partial charge in [-0.2, -0.15) is 0 Å². The van der Waals surface area contributed by atoms with E-state index in [2.05, 4.69) is 40.1 Å². The van der Waals surface area contributed by atoms with Crippen LogP contribution in [0, 0.1) is 0 Å². The molecule has 0 amide bonds. The summed E-state index contributed by atoms with van der Waals surface area (Å²) >= 11 is 4.90. The number of nitrogens with zero attached hydrogens (tertiary/aromatic N) is 1. The summed E-state index contributed by atoms with van der Waals surface area (Å²) in [5.41, 5.74) is 6.04. The topological polar surface area (TPSA) is 50.9 Å². The predicted molar refractivity (Wildman–Crippen MR) is 65.8 cm³/mol. The lowest BCUT2D eigenvalue weighted by molar-refractivity contribution is 0.418. The van der Waals surface area contributed by atoms with Gasteiger partial charge in [-0.15, -0.1) is 11.3 Å². The highest BCUT2D eigenvalue weighted by Crippen LogP contribution is 2.20. The highest BCUT2D eigenvalue weighted by atomic mass is 79.9. The second kappa shape index (κ2) is 5.09. The second-order valence-corrected chi connectivity index (χ2v) is 5.07. The van der Waals surface area contributed by atoms with Crippen LogP contribution in [0.25, 0.3) is 0 Å². The van der Waals surface area contributed by atoms with Gasteiger partial charge in [0.1, 0.15) is 4.60 Å². The van der Waals surface area contributed by atoms with E-state index < -0.39 is 0 Å². The molecule has 3 N–H and O–H groups in total. The molecule has 80 valence electrons. The van der Waals surface area contributed by atoms with E-state index in [0.29, 0.717) is 0 Å². The van der Waals surface area contributed by atoms with Gasteiger partial charge in [0.05, 0.1) is 0 Å². The molecule has 5 heteroatoms. The van der Waals surface area contributed by atoms with Crippen LogP contribution in [0.15, 0.2) is 9.98 Å². The number of thiazole rings is 1. The number of halogens is 1. The Bertz CT molecular complexity index is 283. The number of rotatable bonds is 5. The molecule has 0 spiro atoms. The van der Waals surface area contributed by atoms with Crippen LogP contribution in [0.4, 0.5) is 5.13 Å². The Morgan fingerprint density at radius 2 is 2.21 bits per heavy atom. The molecule has 1 rings (SSSR count). The monoisotopic (exact) mass is 277 g/mol. The summed E-state index contributed by atoms with van der Waals surface area (Å²) in [5, 5.41) is 6.14. The van der Waals surface area contributed by atoms with E-state index in [1.54, 1.807) is 11.3 Å². The molecule has 0 atom stereocenters. The third-order valence-electron chi connectivity index (χ3n) is 2.48. The lowest BCUT2D eigenvalue weighted by Gasteiger charge is -2.26. The van der Waals surface area contributed by atoms with Gasteiger partial charge in [-0.05, 0) is 28.8 Å². The van der Waals surface area contributed by atoms with Crippen LogP contribution in [0.5, 0.6) is 0 Å². The Morgan fingerprint density at radius 3 is 2.64 bits per heavy atom. The van der Waals surface area contributed by atoms with Crippen molar-refractivity contribution in [1.82, 2.24) is 4.98 Å². The molecule has 0 saturated heterocycles. The first-order valence-corrected chi connectivity index (χ1v) is 6.40. The van der Waals surface area contributed by atoms with E-state index in [9.17, 15) is 0 Å². The van der Waals surface area contributed by atoms with Gasteiger partial charge in [0, 0.05) is 17.5 Å². The average Bonchev–Trinajstić information content (AvgIpc) is 2.61. The number of nitrogens with one attached hydrogen (secondary N) is 1. The summed E-state index contributed by atoms with van der Waals surface area (Å²) < 4.78 is 0.876. The molecule has 0 saturated carbocycles. The van der Waals surface area contributed by atoms with Gasteiger partial charge in [-0.1, -0.05) is 13.8 Å². The van der Waals surface area contributed by atoms with Crippen LogP contribution < -0.4 is 11.1 Å². The standard InChI is InChI=1S/C9H16BrN3S/c1-3-9(11,4-2)6-12-8-13-7(10)5-14-8/h5H,3-4,6,11H2,1-2H3,(H,12,13). The molecule has 0 aliphatic heterocycles. The van der Waals surface area contributed by atoms with E-state index in [1.807, 2.05) is 5.38 Å². The molecule has 0 aliphatic rings. The van der Waals surface area contributed by atoms with Crippen LogP contribution in [0.3, 0.4) is 0 Å². The maximum absolute atomic E-state index is 6.15. The molecule has 14 heavy (non-hydrogen) atoms. The van der Waals surface area contributed by atoms with E-state index in [1.165, 1.54) is 0 Å². The Kier molecular flexibility index (Phi) is 4.34. The molecule has 3 nitrogen and oxygen atoms in total. The zero-order valence-corrected chi connectivity index (χ0v) is 10.9. The van der Waals surface area contributed by atoms with Crippen LogP contribution in [0.1, 0.15) is 26.7 Å². The molecule has 1 heterocycles. The van der Waals surface area contributed by atoms with Gasteiger partial charge in [0.25, 0.3) is 0 Å². The first kappa shape index (κ1) is 11.9. The third-order valence-corrected chi connectivity index (χ3v) is 3.99. The minimum atomic E-state index is -0.113. The summed E-state index contributed by atoms with van der Waals surface area (Å²) in [7, 11) is 0. The zero-order valence-electron chi connectivity index (χ0n) is 8.51. The number of nitrogens with two attached hydrogens (primary N) is 1. The third kappa shape index (κ3) is 3.22. The van der Waals surface area contributed by atoms with Crippen molar-refractivity contribution in [3.63, 3.8) is 0 Å². The van der Waals surface area contributed by atoms with Gasteiger partial charge in [-0.25, -0.2) is 4.98 Å². The Labute approximate surface area is 97.2 Å². The molecule has 0 unspecified atom stereocenters. The molecule has 0 aromatic carbocycles. The van der Waals surface area contributed by atoms with Crippen molar-refractivity contribution in [1.29, 1.82) is 0 Å². The molecule has 0 bridgehead atoms. The fourth-order valence-electron chi connectivity index (χ4n) is 1.09. The minimum absolute atomic E-state index is 0.113. The maximum atomic E-state index is 6.15. The lowest BCUT2D eigenvalue weighted by Crippen LogP contribution is -2.45. The first-order chi connectivity index (χ1) is 6.59. The van der Waals surface area contributed by atoms with Gasteiger partial charge in [0.15, 0.2) is 5.13 Å². The summed E-state index contributed by atoms with van der Waals surface area (Å²) in [6.45, 7) is 5.01. The minimum Gasteiger partial charge on any atom is -0.360 e. The molecule has 0 fully saturated rings. The fraction of sp³-hybridized carbons (Fsp3) is 0.667. The van der Waals surface area contributed by atoms with Crippen molar-refractivity contribution in [3.05, 3.63) is 9.98 Å². The van der Waals surface area contributed by atoms with Crippen molar-refractivity contribution < 1.29 is 0 Å². The number of hydrogen-bond acceptors (Lipinski definition) is 4. The van der Waals surface area contributed by atoms with Crippen molar-refractivity contribution >= 4 is 32.4 Å². The first-order valence-electron chi connectivity index (χ1n) is 4.73. The SMILES string of the molecule is CCC(N)(CC)CNc1nc(Br)cs1. The number of aromatic nitrogens is 1. The van der Waals surface area contributed by atoms with Crippen LogP contribution in [-0.4, -0.2) is 17.1 Å². The molecule has 1 aromatic rings. The van der Waals surface area contributed by atoms with E-state index in [-0.39, 0.29) is 5.54 Å². The smallest absolute Gasteiger partial charge is 0.183 e. The van der Waals surface area contributed by atoms with Crippen LogP contribution in [0.2, 0.25) is 0 Å². The molecule has 1 aromatic heterocycles. The summed E-state index contributed by atoms with van der Waals surface area (Å²) in [4.78, 5) is 4.25. The van der Waals surface area contributed by atoms with Crippen molar-refractivity contribution in [2.24, 2.45) is 5.73 Å². The molecular formula is C9H16BrN3S. The Morgan fingerprint density at radius 1 is 1.57 bits per heavy atom. The fourth-order valence-corrected chi connectivity index (χ4v) is 2.23. The highest BCUT2D eigenvalue weighted by Gasteiger charge is 2.19. The molecular weight excluding hydrogens is 262 g/mol. The highest BCUT2D eigenvalue weighted by molar-refractivity contribution is 9.10. The van der Waals surface area contributed by atoms with Crippen molar-refractivity contribution in [2.45, 2.75) is 32.2 Å². The largest absolute Gasteiger partial charge is 0.360 e. The number of hydrogen-bond donors (Lipinski definition) is 2. The van der Waals surface area contributed by atoms with Crippen molar-refractivity contribution in [2.75, 3.05) is 11.9 Å². The summed E-state index contributed by atoms with van der Waals surface area (Å²) in [6, 6.07) is 0. The summed E-state index contributed by atoms with van der Waals surface area (Å²) in [5.74, 6) is 0. The van der Waals surface area contributed by atoms with Crippen LogP contribution >= 0.6 is 27.3 Å². The van der Waals surface area contributed by atoms with Crippen LogP contribution in [-0.2, 0) is 0 Å². The van der Waals surface area contributed by atoms with Crippen molar-refractivity contribution in [3.8, 4) is 0 Å². The van der Waals surface area contributed by atoms with Gasteiger partial charge >= 0.3 is 0 Å². The number of anilines is 1. The quantitative estimate of drug-likeness (QED) is 0.870. The van der Waals surface area contributed by atoms with Gasteiger partial charge in [-0.3, -0.25) is 0 Å². The lowest BCUT2D eigenvalue weighted by atomic mass is 9.94. The summed E-state index contributed by atoms with van der Waals surface area (Å²) in [6.07, 6.45) is 1.95. The van der Waals surface area contributed by atoms with E-state index in [0.717, 1.165) is 29.1 Å². The van der Waals surface area contributed by atoms with Gasteiger partial charge < -0.3 is 11.1 Å². The molecule has 0 radical (unpaired) electrons.